The number of rotatable bonds is 8. The van der Waals surface area contributed by atoms with Crippen LogP contribution in [0.25, 0.3) is 10.1 Å². The molecule has 0 aliphatic rings. The minimum atomic E-state index is -3.70. The number of amides is 1. The summed E-state index contributed by atoms with van der Waals surface area (Å²) in [5, 5.41) is 22.0. The number of nitrogens with zero attached hydrogens (tertiary/aromatic N) is 1. The molecule has 2 heterocycles. The molecule has 0 radical (unpaired) electrons. The van der Waals surface area contributed by atoms with Gasteiger partial charge in [-0.3, -0.25) is 10.0 Å². The van der Waals surface area contributed by atoms with E-state index in [4.69, 9.17) is 5.11 Å². The molecule has 2 N–H and O–H groups in total. The van der Waals surface area contributed by atoms with Crippen LogP contribution in [0.15, 0.2) is 41.8 Å². The van der Waals surface area contributed by atoms with Crippen molar-refractivity contribution >= 4 is 55.0 Å². The van der Waals surface area contributed by atoms with Crippen molar-refractivity contribution in [2.75, 3.05) is 5.75 Å². The minimum Gasteiger partial charge on any atom is -0.477 e. The third-order valence-electron chi connectivity index (χ3n) is 3.91. The zero-order valence-electron chi connectivity index (χ0n) is 13.8. The van der Waals surface area contributed by atoms with Crippen molar-refractivity contribution in [3.8, 4) is 0 Å². The number of carboxylic acids is 1. The maximum atomic E-state index is 12.7. The van der Waals surface area contributed by atoms with Crippen LogP contribution in [-0.4, -0.2) is 41.9 Å². The smallest absolute Gasteiger partial charge is 0.345 e. The molecule has 0 unspecified atom stereocenters. The minimum absolute atomic E-state index is 0.00499. The first-order chi connectivity index (χ1) is 12.8. The van der Waals surface area contributed by atoms with Crippen molar-refractivity contribution in [1.29, 1.82) is 0 Å². The molecule has 27 heavy (non-hydrogen) atoms. The number of aromatic carboxylic acids is 1. The summed E-state index contributed by atoms with van der Waals surface area (Å²) in [6.45, 7) is 0. The van der Waals surface area contributed by atoms with Crippen molar-refractivity contribution in [3.63, 3.8) is 0 Å². The highest BCUT2D eigenvalue weighted by molar-refractivity contribution is 7.90. The largest absolute Gasteiger partial charge is 0.477 e. The zero-order valence-corrected chi connectivity index (χ0v) is 16.3. The first kappa shape index (κ1) is 19.5. The molecule has 7 nitrogen and oxygen atoms in total. The number of carbonyl (C=O) groups excluding carboxylic acids is 1. The highest BCUT2D eigenvalue weighted by Crippen LogP contribution is 2.29. The van der Waals surface area contributed by atoms with Crippen molar-refractivity contribution in [1.82, 2.24) is 5.06 Å². The van der Waals surface area contributed by atoms with Crippen LogP contribution in [0.1, 0.15) is 26.2 Å². The Labute approximate surface area is 163 Å². The molecule has 0 fully saturated rings. The number of hydrogen-bond acceptors (Lipinski definition) is 7. The van der Waals surface area contributed by atoms with E-state index in [1.54, 1.807) is 23.5 Å². The lowest BCUT2D eigenvalue weighted by Crippen LogP contribution is -2.30. The molecule has 3 rings (SSSR count). The average molecular weight is 426 g/mol. The fourth-order valence-electron chi connectivity index (χ4n) is 2.67. The Morgan fingerprint density at radius 3 is 2.67 bits per heavy atom. The molecule has 0 saturated carbocycles. The Morgan fingerprint density at radius 2 is 2.00 bits per heavy atom. The molecular weight excluding hydrogens is 410 g/mol. The maximum absolute atomic E-state index is 12.7. The second-order valence-corrected chi connectivity index (χ2v) is 10.0. The first-order valence-electron chi connectivity index (χ1n) is 7.71. The Balaban J connectivity index is 1.84. The summed E-state index contributed by atoms with van der Waals surface area (Å²) in [4.78, 5) is 22.3. The number of carboxylic acid groups (broad SMARTS) is 1. The predicted molar refractivity (Wildman–Crippen MR) is 103 cm³/mol. The molecule has 3 aromatic rings. The molecule has 0 aliphatic heterocycles. The molecule has 0 bridgehead atoms. The first-order valence-corrected chi connectivity index (χ1v) is 11.2. The molecule has 2 aromatic heterocycles. The van der Waals surface area contributed by atoms with Crippen LogP contribution in [0, 0.1) is 0 Å². The second kappa shape index (κ2) is 7.77. The van der Waals surface area contributed by atoms with Gasteiger partial charge in [0.2, 0.25) is 6.41 Å². The molecule has 142 valence electrons. The summed E-state index contributed by atoms with van der Waals surface area (Å²) in [5.41, 5.74) is 0.604. The summed E-state index contributed by atoms with van der Waals surface area (Å²) in [5.74, 6) is -1.93. The summed E-state index contributed by atoms with van der Waals surface area (Å²) in [7, 11) is -3.70. The van der Waals surface area contributed by atoms with Crippen molar-refractivity contribution < 1.29 is 28.3 Å². The van der Waals surface area contributed by atoms with Gasteiger partial charge in [0.05, 0.1) is 11.5 Å². The predicted octanol–water partition coefficient (Wildman–Crippen LogP) is 3.16. The number of hydroxylamine groups is 2. The lowest BCUT2D eigenvalue weighted by molar-refractivity contribution is -0.158. The van der Waals surface area contributed by atoms with E-state index in [1.165, 1.54) is 12.1 Å². The Bertz CT molecular complexity index is 1080. The van der Waals surface area contributed by atoms with Crippen LogP contribution in [0.4, 0.5) is 0 Å². The van der Waals surface area contributed by atoms with Gasteiger partial charge in [0.25, 0.3) is 0 Å². The SMILES string of the molecule is O=CN(O)[C@@H](CS(=O)(=O)Cc1ccc2sccc2c1)c1ccc(C(=O)O)s1. The van der Waals surface area contributed by atoms with E-state index in [0.717, 1.165) is 21.4 Å². The topological polar surface area (TPSA) is 112 Å². The van der Waals surface area contributed by atoms with Gasteiger partial charge >= 0.3 is 5.97 Å². The van der Waals surface area contributed by atoms with Crippen molar-refractivity contribution in [3.05, 3.63) is 57.1 Å². The second-order valence-electron chi connectivity index (χ2n) is 5.86. The zero-order chi connectivity index (χ0) is 19.6. The molecule has 0 saturated heterocycles. The molecule has 1 atom stereocenters. The van der Waals surface area contributed by atoms with Gasteiger partial charge in [-0.05, 0) is 46.7 Å². The average Bonchev–Trinajstić information content (AvgIpc) is 3.27. The van der Waals surface area contributed by atoms with Gasteiger partial charge in [0.15, 0.2) is 9.84 Å². The number of hydrogen-bond donors (Lipinski definition) is 2. The van der Waals surface area contributed by atoms with Gasteiger partial charge < -0.3 is 5.11 Å². The van der Waals surface area contributed by atoms with Crippen LogP contribution in [0.5, 0.6) is 0 Å². The van der Waals surface area contributed by atoms with Gasteiger partial charge in [-0.2, -0.15) is 0 Å². The van der Waals surface area contributed by atoms with Gasteiger partial charge in [0.1, 0.15) is 10.9 Å². The number of fused-ring (bicyclic) bond motifs is 1. The van der Waals surface area contributed by atoms with Crippen LogP contribution in [-0.2, 0) is 20.4 Å². The normalized spacial score (nSPS) is 12.8. The monoisotopic (exact) mass is 425 g/mol. The molecule has 10 heteroatoms. The molecule has 1 aromatic carbocycles. The van der Waals surface area contributed by atoms with E-state index in [-0.39, 0.29) is 27.0 Å². The standard InChI is InChI=1S/C17H15NO6S3/c19-10-18(22)13(15-3-4-16(26-15)17(20)21)9-27(23,24)8-11-1-2-14-12(7-11)5-6-25-14/h1-7,10,13,22H,8-9H2,(H,20,21)/t13-/m0/s1. The van der Waals surface area contributed by atoms with E-state index in [0.29, 0.717) is 5.56 Å². The fraction of sp³-hybridized carbons (Fsp3) is 0.176. The number of sulfone groups is 1. The molecule has 1 amide bonds. The Hall–Kier alpha value is -2.27. The van der Waals surface area contributed by atoms with E-state index in [9.17, 15) is 23.2 Å². The van der Waals surface area contributed by atoms with E-state index in [1.807, 2.05) is 17.5 Å². The summed E-state index contributed by atoms with van der Waals surface area (Å²) < 4.78 is 26.4. The van der Waals surface area contributed by atoms with E-state index >= 15 is 0 Å². The summed E-state index contributed by atoms with van der Waals surface area (Å²) in [6.07, 6.45) is 0.109. The van der Waals surface area contributed by atoms with E-state index < -0.39 is 27.6 Å². The van der Waals surface area contributed by atoms with Crippen LogP contribution >= 0.6 is 22.7 Å². The van der Waals surface area contributed by atoms with Crippen LogP contribution < -0.4 is 0 Å². The molecule has 0 spiro atoms. The quantitative estimate of drug-likeness (QED) is 0.326. The molecular formula is C17H15NO6S3. The van der Waals surface area contributed by atoms with Crippen molar-refractivity contribution in [2.45, 2.75) is 11.8 Å². The maximum Gasteiger partial charge on any atom is 0.345 e. The van der Waals surface area contributed by atoms with E-state index in [2.05, 4.69) is 0 Å². The highest BCUT2D eigenvalue weighted by Gasteiger charge is 2.28. The lowest BCUT2D eigenvalue weighted by Gasteiger charge is -2.21. The molecule has 0 aliphatic carbocycles. The summed E-state index contributed by atoms with van der Waals surface area (Å²) >= 11 is 2.38. The van der Waals surface area contributed by atoms with Crippen molar-refractivity contribution in [2.24, 2.45) is 0 Å². The fourth-order valence-corrected chi connectivity index (χ4v) is 6.10. The summed E-state index contributed by atoms with van der Waals surface area (Å²) in [6, 6.07) is 8.82. The van der Waals surface area contributed by atoms with Gasteiger partial charge in [-0.15, -0.1) is 22.7 Å². The Morgan fingerprint density at radius 1 is 1.22 bits per heavy atom. The van der Waals surface area contributed by atoms with Crippen LogP contribution in [0.3, 0.4) is 0 Å². The van der Waals surface area contributed by atoms with Gasteiger partial charge in [0, 0.05) is 9.58 Å². The number of benzene rings is 1. The van der Waals surface area contributed by atoms with Gasteiger partial charge in [-0.1, -0.05) is 6.07 Å². The lowest BCUT2D eigenvalue weighted by atomic mass is 10.2. The highest BCUT2D eigenvalue weighted by atomic mass is 32.2. The third kappa shape index (κ3) is 4.53. The van der Waals surface area contributed by atoms with Crippen LogP contribution in [0.2, 0.25) is 0 Å². The third-order valence-corrected chi connectivity index (χ3v) is 7.58. The Kier molecular flexibility index (Phi) is 5.61. The number of carbonyl (C=O) groups is 2. The number of thiophene rings is 2. The van der Waals surface area contributed by atoms with Gasteiger partial charge in [-0.25, -0.2) is 18.3 Å².